The molecule has 1 atom stereocenters. The summed E-state index contributed by atoms with van der Waals surface area (Å²) in [5.74, 6) is 0.520. The number of carbonyl (C=O) groups excluding carboxylic acids is 2. The van der Waals surface area contributed by atoms with E-state index in [4.69, 9.17) is 4.74 Å². The lowest BCUT2D eigenvalue weighted by atomic mass is 10.0. The molecule has 6 rings (SSSR count). The Hall–Kier alpha value is -4.10. The number of alkyl halides is 3. The van der Waals surface area contributed by atoms with E-state index in [9.17, 15) is 22.8 Å². The Labute approximate surface area is 243 Å². The number of para-hydroxylation sites is 1. The molecule has 9 nitrogen and oxygen atoms in total. The summed E-state index contributed by atoms with van der Waals surface area (Å²) in [6.07, 6.45) is 0.468. The number of rotatable bonds is 8. The van der Waals surface area contributed by atoms with Gasteiger partial charge >= 0.3 is 6.18 Å². The zero-order valence-corrected chi connectivity index (χ0v) is 23.4. The minimum atomic E-state index is -4.59. The van der Waals surface area contributed by atoms with Crippen molar-refractivity contribution in [1.82, 2.24) is 19.9 Å². The van der Waals surface area contributed by atoms with Gasteiger partial charge in [-0.05, 0) is 62.4 Å². The highest BCUT2D eigenvalue weighted by Gasteiger charge is 2.36. The second-order valence-corrected chi connectivity index (χ2v) is 11.5. The summed E-state index contributed by atoms with van der Waals surface area (Å²) in [6, 6.07) is 9.60. The van der Waals surface area contributed by atoms with Gasteiger partial charge in [-0.1, -0.05) is 23.5 Å². The highest BCUT2D eigenvalue weighted by atomic mass is 32.1. The van der Waals surface area contributed by atoms with Gasteiger partial charge in [0, 0.05) is 25.1 Å². The van der Waals surface area contributed by atoms with Gasteiger partial charge in [-0.25, -0.2) is 15.0 Å². The molecule has 2 fully saturated rings. The molecule has 3 heterocycles. The highest BCUT2D eigenvalue weighted by Crippen LogP contribution is 2.38. The van der Waals surface area contributed by atoms with Crippen molar-refractivity contribution < 1.29 is 27.5 Å². The Kier molecular flexibility index (Phi) is 7.54. The number of anilines is 2. The number of carbonyl (C=O) groups is 2. The van der Waals surface area contributed by atoms with E-state index in [-0.39, 0.29) is 29.1 Å². The topological polar surface area (TPSA) is 109 Å². The lowest BCUT2D eigenvalue weighted by molar-refractivity contribution is -0.137. The maximum atomic E-state index is 13.7. The SMILES string of the molecule is CC(=O)Nc1nc2c(Oc3cc(-c4ccc(C(F)(F)F)cc4NC(=O)[C@@H]4CCCN4CC4CC4)ncn3)cccc2s1. The van der Waals surface area contributed by atoms with Crippen molar-refractivity contribution in [1.29, 1.82) is 0 Å². The Morgan fingerprint density at radius 2 is 1.93 bits per heavy atom. The van der Waals surface area contributed by atoms with Crippen LogP contribution < -0.4 is 15.4 Å². The zero-order chi connectivity index (χ0) is 29.4. The van der Waals surface area contributed by atoms with Crippen molar-refractivity contribution in [2.75, 3.05) is 23.7 Å². The van der Waals surface area contributed by atoms with Crippen LogP contribution in [0.25, 0.3) is 21.5 Å². The lowest BCUT2D eigenvalue weighted by Gasteiger charge is -2.24. The fourth-order valence-electron chi connectivity index (χ4n) is 5.10. The molecule has 42 heavy (non-hydrogen) atoms. The monoisotopic (exact) mass is 596 g/mol. The Morgan fingerprint density at radius 1 is 1.10 bits per heavy atom. The van der Waals surface area contributed by atoms with E-state index >= 15 is 0 Å². The number of fused-ring (bicyclic) bond motifs is 1. The summed E-state index contributed by atoms with van der Waals surface area (Å²) in [5, 5.41) is 5.85. The van der Waals surface area contributed by atoms with Gasteiger partial charge in [-0.15, -0.1) is 0 Å². The molecule has 2 aromatic heterocycles. The average molecular weight is 597 g/mol. The van der Waals surface area contributed by atoms with Crippen molar-refractivity contribution in [3.05, 3.63) is 54.4 Å². The molecule has 2 N–H and O–H groups in total. The average Bonchev–Trinajstić information content (AvgIpc) is 3.46. The van der Waals surface area contributed by atoms with Crippen molar-refractivity contribution in [2.45, 2.75) is 44.8 Å². The van der Waals surface area contributed by atoms with Crippen LogP contribution in [0.4, 0.5) is 24.0 Å². The highest BCUT2D eigenvalue weighted by molar-refractivity contribution is 7.22. The van der Waals surface area contributed by atoms with E-state index in [1.165, 1.54) is 36.7 Å². The number of amides is 2. The number of nitrogens with one attached hydrogen (secondary N) is 2. The normalized spacial score (nSPS) is 17.4. The largest absolute Gasteiger partial charge is 0.437 e. The van der Waals surface area contributed by atoms with Crippen molar-refractivity contribution in [3.63, 3.8) is 0 Å². The number of likely N-dealkylation sites (tertiary alicyclic amines) is 1. The number of aromatic nitrogens is 3. The van der Waals surface area contributed by atoms with Gasteiger partial charge in [0.05, 0.1) is 27.7 Å². The molecule has 1 aliphatic heterocycles. The van der Waals surface area contributed by atoms with Crippen LogP contribution >= 0.6 is 11.3 Å². The molecule has 0 unspecified atom stereocenters. The summed E-state index contributed by atoms with van der Waals surface area (Å²) in [6.45, 7) is 3.02. The van der Waals surface area contributed by atoms with Gasteiger partial charge in [0.15, 0.2) is 10.9 Å². The molecule has 218 valence electrons. The summed E-state index contributed by atoms with van der Waals surface area (Å²) < 4.78 is 47.8. The van der Waals surface area contributed by atoms with Crippen LogP contribution in [0, 0.1) is 5.92 Å². The molecule has 1 saturated heterocycles. The van der Waals surface area contributed by atoms with E-state index in [1.54, 1.807) is 12.1 Å². The first kappa shape index (κ1) is 28.0. The number of hydrogen-bond donors (Lipinski definition) is 2. The molecule has 0 spiro atoms. The first-order valence-electron chi connectivity index (χ1n) is 13.6. The Balaban J connectivity index is 1.30. The molecule has 1 saturated carbocycles. The lowest BCUT2D eigenvalue weighted by Crippen LogP contribution is -2.40. The van der Waals surface area contributed by atoms with Crippen molar-refractivity contribution >= 4 is 44.2 Å². The van der Waals surface area contributed by atoms with Crippen LogP contribution in [0.15, 0.2) is 48.8 Å². The van der Waals surface area contributed by atoms with Crippen LogP contribution in [0.1, 0.15) is 38.2 Å². The van der Waals surface area contributed by atoms with Crippen molar-refractivity contribution in [2.24, 2.45) is 5.92 Å². The van der Waals surface area contributed by atoms with E-state index in [0.29, 0.717) is 34.3 Å². The molecule has 2 amide bonds. The number of halogens is 3. The molecule has 13 heteroatoms. The quantitative estimate of drug-likeness (QED) is 0.244. The third-order valence-corrected chi connectivity index (χ3v) is 8.19. The standard InChI is InChI=1S/C29H27F3N6O3S/c1-16(39)35-28-37-26-23(5-2-6-24(26)42-28)41-25-13-20(33-15-34-25)19-10-9-18(29(30,31)32)12-21(19)36-27(40)22-4-3-11-38(22)14-17-7-8-17/h2,5-6,9-10,12-13,15,17,22H,3-4,7-8,11,14H2,1H3,(H,36,40)(H,35,37,39)/t22-/m0/s1. The Morgan fingerprint density at radius 3 is 2.69 bits per heavy atom. The van der Waals surface area contributed by atoms with Crippen LogP contribution in [0.3, 0.4) is 0 Å². The van der Waals surface area contributed by atoms with E-state index in [1.807, 2.05) is 6.07 Å². The summed E-state index contributed by atoms with van der Waals surface area (Å²) in [7, 11) is 0. The minimum absolute atomic E-state index is 0.0132. The van der Waals surface area contributed by atoms with Crippen LogP contribution in [-0.4, -0.2) is 50.8 Å². The van der Waals surface area contributed by atoms with E-state index in [0.717, 1.165) is 49.2 Å². The molecule has 0 bridgehead atoms. The maximum absolute atomic E-state index is 13.7. The van der Waals surface area contributed by atoms with E-state index in [2.05, 4.69) is 30.5 Å². The molecular weight excluding hydrogens is 569 g/mol. The molecule has 4 aromatic rings. The van der Waals surface area contributed by atoms with Gasteiger partial charge in [-0.2, -0.15) is 13.2 Å². The van der Waals surface area contributed by atoms with Crippen molar-refractivity contribution in [3.8, 4) is 22.9 Å². The Bertz CT molecular complexity index is 1660. The number of thiazole rings is 1. The number of hydrogen-bond acceptors (Lipinski definition) is 8. The first-order chi connectivity index (χ1) is 20.1. The summed E-state index contributed by atoms with van der Waals surface area (Å²) in [4.78, 5) is 39.8. The van der Waals surface area contributed by atoms with Crippen LogP contribution in [0.2, 0.25) is 0 Å². The molecular formula is C29H27F3N6O3S. The van der Waals surface area contributed by atoms with Crippen LogP contribution in [-0.2, 0) is 15.8 Å². The second kappa shape index (κ2) is 11.3. The molecule has 1 aliphatic carbocycles. The third kappa shape index (κ3) is 6.21. The van der Waals surface area contributed by atoms with Crippen LogP contribution in [0.5, 0.6) is 11.6 Å². The van der Waals surface area contributed by atoms with E-state index < -0.39 is 17.8 Å². The van der Waals surface area contributed by atoms with Gasteiger partial charge in [0.25, 0.3) is 0 Å². The predicted molar refractivity (Wildman–Crippen MR) is 152 cm³/mol. The number of nitrogens with zero attached hydrogens (tertiary/aromatic N) is 4. The van der Waals surface area contributed by atoms with Gasteiger partial charge < -0.3 is 15.4 Å². The molecule has 2 aromatic carbocycles. The first-order valence-corrected chi connectivity index (χ1v) is 14.4. The fraction of sp³-hybridized carbons (Fsp3) is 0.345. The fourth-order valence-corrected chi connectivity index (χ4v) is 6.03. The minimum Gasteiger partial charge on any atom is -0.437 e. The number of ether oxygens (including phenoxy) is 1. The molecule has 2 aliphatic rings. The third-order valence-electron chi connectivity index (χ3n) is 7.26. The van der Waals surface area contributed by atoms with Gasteiger partial charge in [0.1, 0.15) is 11.8 Å². The smallest absolute Gasteiger partial charge is 0.416 e. The molecule has 0 radical (unpaired) electrons. The predicted octanol–water partition coefficient (Wildman–Crippen LogP) is 6.34. The van der Waals surface area contributed by atoms with Gasteiger partial charge in [-0.3, -0.25) is 14.5 Å². The second-order valence-electron chi connectivity index (χ2n) is 10.5. The summed E-state index contributed by atoms with van der Waals surface area (Å²) >= 11 is 1.29. The zero-order valence-electron chi connectivity index (χ0n) is 22.6. The maximum Gasteiger partial charge on any atom is 0.416 e. The summed E-state index contributed by atoms with van der Waals surface area (Å²) in [5.41, 5.74) is 0.226. The van der Waals surface area contributed by atoms with Gasteiger partial charge in [0.2, 0.25) is 17.7 Å². The number of benzene rings is 2.